The van der Waals surface area contributed by atoms with Crippen LogP contribution in [0.1, 0.15) is 19.4 Å². The van der Waals surface area contributed by atoms with E-state index in [-0.39, 0.29) is 0 Å². The monoisotopic (exact) mass is 162 g/mol. The maximum atomic E-state index is 5.56. The Bertz CT molecular complexity index is 287. The topological polar surface area (TPSA) is 9.23 Å². The van der Waals surface area contributed by atoms with E-state index in [1.165, 1.54) is 5.56 Å². The molecule has 0 radical (unpaired) electrons. The second-order valence-electron chi connectivity index (χ2n) is 2.77. The van der Waals surface area contributed by atoms with Crippen molar-refractivity contribution in [3.8, 4) is 5.75 Å². The van der Waals surface area contributed by atoms with Crippen LogP contribution in [-0.4, -0.2) is 0 Å². The third-order valence-corrected chi connectivity index (χ3v) is 1.77. The van der Waals surface area contributed by atoms with Crippen molar-refractivity contribution in [2.24, 2.45) is 0 Å². The van der Waals surface area contributed by atoms with E-state index < -0.39 is 0 Å². The van der Waals surface area contributed by atoms with Gasteiger partial charge in [-0.2, -0.15) is 0 Å². The van der Waals surface area contributed by atoms with Crippen LogP contribution < -0.4 is 4.74 Å². The van der Waals surface area contributed by atoms with E-state index in [0.717, 1.165) is 11.5 Å². The molecule has 0 aliphatic carbocycles. The number of hydrogen-bond acceptors (Lipinski definition) is 1. The average Bonchev–Trinajstić information content (AvgIpc) is 2.09. The van der Waals surface area contributed by atoms with Gasteiger partial charge in [0.15, 0.2) is 0 Å². The zero-order chi connectivity index (χ0) is 8.97. The minimum atomic E-state index is 0.935. The van der Waals surface area contributed by atoms with Gasteiger partial charge in [-0.05, 0) is 38.5 Å². The Hall–Kier alpha value is -1.24. The van der Waals surface area contributed by atoms with Crippen LogP contribution in [0.15, 0.2) is 36.1 Å². The van der Waals surface area contributed by atoms with E-state index in [1.54, 1.807) is 0 Å². The van der Waals surface area contributed by atoms with Crippen LogP contribution in [0.5, 0.6) is 5.75 Å². The van der Waals surface area contributed by atoms with Crippen LogP contribution in [0.2, 0.25) is 0 Å². The molecule has 0 aliphatic heterocycles. The van der Waals surface area contributed by atoms with Gasteiger partial charge in [0.2, 0.25) is 0 Å². The predicted octanol–water partition coefficient (Wildman–Crippen LogP) is 3.30. The molecule has 0 spiro atoms. The Morgan fingerprint density at radius 2 is 2.00 bits per heavy atom. The minimum absolute atomic E-state index is 0.935. The van der Waals surface area contributed by atoms with Crippen LogP contribution in [0.3, 0.4) is 0 Å². The van der Waals surface area contributed by atoms with Crippen molar-refractivity contribution >= 4 is 0 Å². The number of aryl methyl sites for hydroxylation is 1. The van der Waals surface area contributed by atoms with Gasteiger partial charge in [-0.25, -0.2) is 0 Å². The lowest BCUT2D eigenvalue weighted by Gasteiger charge is -2.07. The van der Waals surface area contributed by atoms with Gasteiger partial charge in [-0.1, -0.05) is 18.2 Å². The van der Waals surface area contributed by atoms with Crippen molar-refractivity contribution in [2.75, 3.05) is 0 Å². The molecule has 1 nitrogen and oxygen atoms in total. The SMILES string of the molecule is CC=C(C)Oc1ccccc1C. The lowest BCUT2D eigenvalue weighted by atomic mass is 10.2. The quantitative estimate of drug-likeness (QED) is 0.606. The smallest absolute Gasteiger partial charge is 0.129 e. The summed E-state index contributed by atoms with van der Waals surface area (Å²) in [5.41, 5.74) is 1.17. The summed E-state index contributed by atoms with van der Waals surface area (Å²) in [5, 5.41) is 0. The maximum absolute atomic E-state index is 5.56. The van der Waals surface area contributed by atoms with Gasteiger partial charge >= 0.3 is 0 Å². The first-order valence-electron chi connectivity index (χ1n) is 4.10. The molecule has 0 fully saturated rings. The highest BCUT2D eigenvalue weighted by Gasteiger charge is 1.96. The first kappa shape index (κ1) is 8.85. The highest BCUT2D eigenvalue weighted by Crippen LogP contribution is 2.18. The lowest BCUT2D eigenvalue weighted by Crippen LogP contribution is -1.91. The van der Waals surface area contributed by atoms with Gasteiger partial charge in [0.1, 0.15) is 5.75 Å². The predicted molar refractivity (Wildman–Crippen MR) is 51.2 cm³/mol. The molecule has 64 valence electrons. The molecule has 1 rings (SSSR count). The lowest BCUT2D eigenvalue weighted by molar-refractivity contribution is 0.423. The van der Waals surface area contributed by atoms with E-state index >= 15 is 0 Å². The first-order chi connectivity index (χ1) is 5.74. The van der Waals surface area contributed by atoms with Gasteiger partial charge in [-0.15, -0.1) is 0 Å². The van der Waals surface area contributed by atoms with Crippen molar-refractivity contribution in [3.63, 3.8) is 0 Å². The molecule has 0 unspecified atom stereocenters. The number of allylic oxidation sites excluding steroid dienone is 2. The fourth-order valence-electron chi connectivity index (χ4n) is 0.903. The van der Waals surface area contributed by atoms with E-state index in [9.17, 15) is 0 Å². The highest BCUT2D eigenvalue weighted by atomic mass is 16.5. The number of ether oxygens (including phenoxy) is 1. The third-order valence-electron chi connectivity index (χ3n) is 1.77. The zero-order valence-corrected chi connectivity index (χ0v) is 7.79. The summed E-state index contributed by atoms with van der Waals surface area (Å²) in [7, 11) is 0. The first-order valence-corrected chi connectivity index (χ1v) is 4.10. The minimum Gasteiger partial charge on any atom is -0.462 e. The second kappa shape index (κ2) is 3.96. The summed E-state index contributed by atoms with van der Waals surface area (Å²) in [6, 6.07) is 8.00. The Morgan fingerprint density at radius 3 is 2.58 bits per heavy atom. The van der Waals surface area contributed by atoms with Gasteiger partial charge in [0.05, 0.1) is 5.76 Å². The molecule has 1 aromatic carbocycles. The molecule has 0 saturated heterocycles. The molecule has 0 N–H and O–H groups in total. The van der Waals surface area contributed by atoms with Crippen molar-refractivity contribution in [1.29, 1.82) is 0 Å². The molecule has 0 atom stereocenters. The summed E-state index contributed by atoms with van der Waals surface area (Å²) in [6.45, 7) is 5.96. The Labute approximate surface area is 73.7 Å². The fourth-order valence-corrected chi connectivity index (χ4v) is 0.903. The van der Waals surface area contributed by atoms with E-state index in [0.29, 0.717) is 0 Å². The summed E-state index contributed by atoms with van der Waals surface area (Å²) >= 11 is 0. The molecule has 0 amide bonds. The molecule has 0 aliphatic rings. The van der Waals surface area contributed by atoms with Gasteiger partial charge in [0, 0.05) is 0 Å². The van der Waals surface area contributed by atoms with Gasteiger partial charge in [0.25, 0.3) is 0 Å². The van der Waals surface area contributed by atoms with Crippen molar-refractivity contribution in [1.82, 2.24) is 0 Å². The van der Waals surface area contributed by atoms with Crippen molar-refractivity contribution in [3.05, 3.63) is 41.7 Å². The molecular formula is C11H14O. The van der Waals surface area contributed by atoms with Crippen molar-refractivity contribution < 1.29 is 4.74 Å². The largest absolute Gasteiger partial charge is 0.462 e. The van der Waals surface area contributed by atoms with Crippen LogP contribution in [0.25, 0.3) is 0 Å². The van der Waals surface area contributed by atoms with E-state index in [4.69, 9.17) is 4.74 Å². The number of para-hydroxylation sites is 1. The summed E-state index contributed by atoms with van der Waals surface area (Å²) in [5.74, 6) is 1.87. The van der Waals surface area contributed by atoms with Crippen LogP contribution in [-0.2, 0) is 0 Å². The average molecular weight is 162 g/mol. The maximum Gasteiger partial charge on any atom is 0.129 e. The standard InChI is InChI=1S/C11H14O/c1-4-10(3)12-11-8-6-5-7-9(11)2/h4-8H,1-3H3. The fraction of sp³-hybridized carbons (Fsp3) is 0.273. The molecule has 1 aromatic rings. The summed E-state index contributed by atoms with van der Waals surface area (Å²) < 4.78 is 5.56. The summed E-state index contributed by atoms with van der Waals surface area (Å²) in [6.07, 6.45) is 1.95. The Kier molecular flexibility index (Phi) is 2.92. The van der Waals surface area contributed by atoms with Crippen molar-refractivity contribution in [2.45, 2.75) is 20.8 Å². The normalized spacial score (nSPS) is 11.4. The molecule has 0 aromatic heterocycles. The number of rotatable bonds is 2. The highest BCUT2D eigenvalue weighted by molar-refractivity contribution is 5.32. The summed E-state index contributed by atoms with van der Waals surface area (Å²) in [4.78, 5) is 0. The zero-order valence-electron chi connectivity index (χ0n) is 7.79. The van der Waals surface area contributed by atoms with E-state index in [2.05, 4.69) is 0 Å². The molecule has 0 heterocycles. The van der Waals surface area contributed by atoms with Crippen LogP contribution >= 0.6 is 0 Å². The van der Waals surface area contributed by atoms with Gasteiger partial charge in [-0.3, -0.25) is 0 Å². The molecular weight excluding hydrogens is 148 g/mol. The molecule has 0 saturated carbocycles. The Balaban J connectivity index is 2.82. The molecule has 1 heteroatoms. The Morgan fingerprint density at radius 1 is 1.33 bits per heavy atom. The molecule has 12 heavy (non-hydrogen) atoms. The van der Waals surface area contributed by atoms with E-state index in [1.807, 2.05) is 51.1 Å². The third kappa shape index (κ3) is 2.12. The van der Waals surface area contributed by atoms with Gasteiger partial charge < -0.3 is 4.74 Å². The van der Waals surface area contributed by atoms with Crippen LogP contribution in [0, 0.1) is 6.92 Å². The van der Waals surface area contributed by atoms with Crippen LogP contribution in [0.4, 0.5) is 0 Å². The number of hydrogen-bond donors (Lipinski definition) is 0. The second-order valence-corrected chi connectivity index (χ2v) is 2.77. The number of benzene rings is 1. The molecule has 0 bridgehead atoms.